The molecule has 0 aliphatic carbocycles. The first-order valence-corrected chi connectivity index (χ1v) is 11.6. The Bertz CT molecular complexity index is 1180. The maximum atomic E-state index is 13.0. The lowest BCUT2D eigenvalue weighted by atomic mass is 10.1. The van der Waals surface area contributed by atoms with Crippen molar-refractivity contribution in [2.75, 3.05) is 20.8 Å². The van der Waals surface area contributed by atoms with Crippen LogP contribution < -0.4 is 10.3 Å². The van der Waals surface area contributed by atoms with Gasteiger partial charge in [-0.15, -0.1) is 0 Å². The Labute approximate surface area is 198 Å². The largest absolute Gasteiger partial charge is 0.477 e. The highest BCUT2D eigenvalue weighted by atomic mass is 16.7. The molecule has 3 rings (SSSR count). The molecule has 0 aliphatic rings. The van der Waals surface area contributed by atoms with Crippen molar-refractivity contribution >= 4 is 16.8 Å². The average Bonchev–Trinajstić information content (AvgIpc) is 3.20. The van der Waals surface area contributed by atoms with E-state index in [0.717, 1.165) is 25.0 Å². The zero-order chi connectivity index (χ0) is 24.7. The van der Waals surface area contributed by atoms with E-state index in [1.54, 1.807) is 20.3 Å². The number of nitrogens with zero attached hydrogens (tertiary/aromatic N) is 4. The van der Waals surface area contributed by atoms with Crippen molar-refractivity contribution in [2.24, 2.45) is 0 Å². The molecular formula is C24H33N5O5. The van der Waals surface area contributed by atoms with E-state index in [1.165, 1.54) is 13.1 Å². The Morgan fingerprint density at radius 3 is 2.59 bits per heavy atom. The SMILES string of the molecule is CCCCOc1ncc(C(C)=O)cc1-c1nc2c(CC)n(CCCC(OC)OC)nc2c(=O)[nH]1. The van der Waals surface area contributed by atoms with E-state index in [1.807, 2.05) is 11.6 Å². The van der Waals surface area contributed by atoms with Gasteiger partial charge < -0.3 is 19.2 Å². The first kappa shape index (κ1) is 25.5. The van der Waals surface area contributed by atoms with Gasteiger partial charge in [0.25, 0.3) is 5.56 Å². The fourth-order valence-corrected chi connectivity index (χ4v) is 3.71. The van der Waals surface area contributed by atoms with Crippen LogP contribution in [0.2, 0.25) is 0 Å². The van der Waals surface area contributed by atoms with E-state index in [-0.39, 0.29) is 23.1 Å². The molecule has 0 radical (unpaired) electrons. The number of aryl methyl sites for hydroxylation is 2. The molecule has 3 aromatic rings. The van der Waals surface area contributed by atoms with Gasteiger partial charge in [-0.2, -0.15) is 5.10 Å². The molecule has 0 aromatic carbocycles. The van der Waals surface area contributed by atoms with Gasteiger partial charge in [-0.3, -0.25) is 14.3 Å². The molecule has 10 heteroatoms. The molecule has 0 bridgehead atoms. The van der Waals surface area contributed by atoms with Crippen LogP contribution in [0.4, 0.5) is 0 Å². The number of aromatic nitrogens is 5. The van der Waals surface area contributed by atoms with E-state index < -0.39 is 0 Å². The third kappa shape index (κ3) is 5.68. The molecule has 10 nitrogen and oxygen atoms in total. The number of unbranched alkanes of at least 4 members (excludes halogenated alkanes) is 1. The van der Waals surface area contributed by atoms with Crippen LogP contribution in [0.15, 0.2) is 17.1 Å². The quantitative estimate of drug-likeness (QED) is 0.228. The number of nitrogens with one attached hydrogen (secondary N) is 1. The zero-order valence-corrected chi connectivity index (χ0v) is 20.5. The summed E-state index contributed by atoms with van der Waals surface area (Å²) in [4.78, 5) is 36.8. The van der Waals surface area contributed by atoms with Gasteiger partial charge in [-0.05, 0) is 32.3 Å². The second-order valence-corrected chi connectivity index (χ2v) is 8.01. The van der Waals surface area contributed by atoms with Gasteiger partial charge in [-0.25, -0.2) is 9.97 Å². The number of ketones is 1. The molecule has 184 valence electrons. The van der Waals surface area contributed by atoms with Crippen molar-refractivity contribution in [2.45, 2.75) is 65.7 Å². The van der Waals surface area contributed by atoms with Crippen LogP contribution in [-0.4, -0.2) is 57.6 Å². The smallest absolute Gasteiger partial charge is 0.279 e. The highest BCUT2D eigenvalue weighted by Crippen LogP contribution is 2.28. The molecule has 0 aliphatic heterocycles. The van der Waals surface area contributed by atoms with Gasteiger partial charge in [0.15, 0.2) is 17.6 Å². The summed E-state index contributed by atoms with van der Waals surface area (Å²) >= 11 is 0. The third-order valence-electron chi connectivity index (χ3n) is 5.62. The number of hydrogen-bond donors (Lipinski definition) is 1. The van der Waals surface area contributed by atoms with Crippen molar-refractivity contribution < 1.29 is 19.0 Å². The molecule has 0 spiro atoms. The molecular weight excluding hydrogens is 438 g/mol. The Balaban J connectivity index is 2.03. The second-order valence-electron chi connectivity index (χ2n) is 8.01. The summed E-state index contributed by atoms with van der Waals surface area (Å²) in [5.41, 5.74) is 2.20. The van der Waals surface area contributed by atoms with Gasteiger partial charge in [0.2, 0.25) is 5.88 Å². The Kier molecular flexibility index (Phi) is 8.89. The molecule has 34 heavy (non-hydrogen) atoms. The predicted molar refractivity (Wildman–Crippen MR) is 128 cm³/mol. The molecule has 3 aromatic heterocycles. The van der Waals surface area contributed by atoms with E-state index in [4.69, 9.17) is 19.2 Å². The number of aromatic amines is 1. The lowest BCUT2D eigenvalue weighted by Gasteiger charge is -2.13. The third-order valence-corrected chi connectivity index (χ3v) is 5.62. The van der Waals surface area contributed by atoms with Crippen molar-refractivity contribution in [1.29, 1.82) is 0 Å². The summed E-state index contributed by atoms with van der Waals surface area (Å²) in [6.07, 6.45) is 5.13. The van der Waals surface area contributed by atoms with E-state index in [9.17, 15) is 9.59 Å². The minimum Gasteiger partial charge on any atom is -0.477 e. The number of H-pyrrole nitrogens is 1. The van der Waals surface area contributed by atoms with Crippen LogP contribution in [0.5, 0.6) is 5.88 Å². The van der Waals surface area contributed by atoms with Crippen molar-refractivity contribution in [1.82, 2.24) is 24.7 Å². The predicted octanol–water partition coefficient (Wildman–Crippen LogP) is 3.52. The topological polar surface area (TPSA) is 121 Å². The highest BCUT2D eigenvalue weighted by molar-refractivity contribution is 5.95. The maximum absolute atomic E-state index is 13.0. The lowest BCUT2D eigenvalue weighted by Crippen LogP contribution is -2.14. The number of pyridine rings is 1. The molecule has 0 atom stereocenters. The standard InChI is InChI=1S/C24H33N5O5/c1-6-8-12-34-24-17(13-16(14-25-24)15(3)30)22-26-20-18(7-2)29(28-21(20)23(31)27-22)11-9-10-19(32-4)33-5/h13-14,19H,6-12H2,1-5H3,(H,26,27,31). The number of Topliss-reactive ketones (excluding diaryl/α,β-unsaturated/α-hetero) is 1. The maximum Gasteiger partial charge on any atom is 0.279 e. The minimum absolute atomic E-state index is 0.134. The number of hydrogen-bond acceptors (Lipinski definition) is 8. The monoisotopic (exact) mass is 471 g/mol. The number of ether oxygens (including phenoxy) is 3. The molecule has 0 unspecified atom stereocenters. The van der Waals surface area contributed by atoms with E-state index in [0.29, 0.717) is 54.3 Å². The van der Waals surface area contributed by atoms with Crippen molar-refractivity contribution in [3.8, 4) is 17.3 Å². The fourth-order valence-electron chi connectivity index (χ4n) is 3.71. The van der Waals surface area contributed by atoms with Crippen LogP contribution in [0.1, 0.15) is 62.5 Å². The molecule has 3 heterocycles. The van der Waals surface area contributed by atoms with Crippen LogP contribution in [0, 0.1) is 0 Å². The first-order chi connectivity index (χ1) is 16.4. The highest BCUT2D eigenvalue weighted by Gasteiger charge is 2.20. The number of rotatable bonds is 13. The fraction of sp³-hybridized carbons (Fsp3) is 0.542. The van der Waals surface area contributed by atoms with Gasteiger partial charge in [0, 0.05) is 38.9 Å². The summed E-state index contributed by atoms with van der Waals surface area (Å²) in [6, 6.07) is 1.66. The molecule has 1 N–H and O–H groups in total. The van der Waals surface area contributed by atoms with E-state index in [2.05, 4.69) is 22.0 Å². The molecule has 0 fully saturated rings. The van der Waals surface area contributed by atoms with Crippen LogP contribution in [-0.2, 0) is 22.4 Å². The normalized spacial score (nSPS) is 11.5. The molecule has 0 amide bonds. The number of carbonyl (C=O) groups is 1. The van der Waals surface area contributed by atoms with Crippen molar-refractivity contribution in [3.05, 3.63) is 33.9 Å². The summed E-state index contributed by atoms with van der Waals surface area (Å²) in [7, 11) is 3.21. The number of fused-ring (bicyclic) bond motifs is 1. The molecule has 0 saturated heterocycles. The van der Waals surface area contributed by atoms with Crippen LogP contribution >= 0.6 is 0 Å². The second kappa shape index (κ2) is 11.8. The number of methoxy groups -OCH3 is 2. The average molecular weight is 472 g/mol. The van der Waals surface area contributed by atoms with E-state index >= 15 is 0 Å². The Morgan fingerprint density at radius 1 is 1.18 bits per heavy atom. The number of carbonyl (C=O) groups excluding carboxylic acids is 1. The van der Waals surface area contributed by atoms with Crippen LogP contribution in [0.25, 0.3) is 22.4 Å². The summed E-state index contributed by atoms with van der Waals surface area (Å²) in [6.45, 7) is 6.61. The minimum atomic E-state index is -0.354. The Hall–Kier alpha value is -3.11. The summed E-state index contributed by atoms with van der Waals surface area (Å²) in [5.74, 6) is 0.494. The van der Waals surface area contributed by atoms with Gasteiger partial charge in [-0.1, -0.05) is 20.3 Å². The lowest BCUT2D eigenvalue weighted by molar-refractivity contribution is -0.107. The van der Waals surface area contributed by atoms with Crippen LogP contribution in [0.3, 0.4) is 0 Å². The van der Waals surface area contributed by atoms with Crippen molar-refractivity contribution in [3.63, 3.8) is 0 Å². The Morgan fingerprint density at radius 2 is 1.94 bits per heavy atom. The molecule has 0 saturated carbocycles. The van der Waals surface area contributed by atoms with Gasteiger partial charge in [0.1, 0.15) is 11.3 Å². The van der Waals surface area contributed by atoms with Gasteiger partial charge >= 0.3 is 0 Å². The first-order valence-electron chi connectivity index (χ1n) is 11.6. The summed E-state index contributed by atoms with van der Waals surface area (Å²) < 4.78 is 18.2. The summed E-state index contributed by atoms with van der Waals surface area (Å²) in [5, 5.41) is 4.52. The van der Waals surface area contributed by atoms with Gasteiger partial charge in [0.05, 0.1) is 17.9 Å². The zero-order valence-electron chi connectivity index (χ0n) is 20.5.